The van der Waals surface area contributed by atoms with Crippen molar-refractivity contribution in [2.24, 2.45) is 21.8 Å². The topological polar surface area (TPSA) is 68.1 Å². The van der Waals surface area contributed by atoms with E-state index in [-0.39, 0.29) is 6.61 Å². The summed E-state index contributed by atoms with van der Waals surface area (Å²) in [5.74, 6) is -1.06. The standard InChI is InChI=1S/C10H12N2O3/c1-2-15-10(14)7-5-11-8(6-3-4-6)12-9(7)13/h5-7H,2-4H2,1H3/t7-/m1/s1. The smallest absolute Gasteiger partial charge is 0.324 e. The van der Waals surface area contributed by atoms with Crippen molar-refractivity contribution in [1.29, 1.82) is 0 Å². The minimum Gasteiger partial charge on any atom is -0.465 e. The number of nitrogens with zero attached hydrogens (tertiary/aromatic N) is 2. The summed E-state index contributed by atoms with van der Waals surface area (Å²) in [6, 6.07) is 0. The molecule has 1 atom stereocenters. The molecule has 1 aliphatic carbocycles. The third-order valence-electron chi connectivity index (χ3n) is 2.33. The normalized spacial score (nSPS) is 25.0. The Hall–Kier alpha value is -1.52. The van der Waals surface area contributed by atoms with E-state index in [0.29, 0.717) is 11.8 Å². The van der Waals surface area contributed by atoms with Crippen LogP contribution in [0.1, 0.15) is 19.8 Å². The quantitative estimate of drug-likeness (QED) is 0.503. The number of rotatable bonds is 3. The van der Waals surface area contributed by atoms with Gasteiger partial charge in [0.1, 0.15) is 5.84 Å². The lowest BCUT2D eigenvalue weighted by Crippen LogP contribution is -2.30. The van der Waals surface area contributed by atoms with Gasteiger partial charge < -0.3 is 4.74 Å². The van der Waals surface area contributed by atoms with Gasteiger partial charge in [-0.05, 0) is 19.8 Å². The van der Waals surface area contributed by atoms with E-state index < -0.39 is 17.8 Å². The van der Waals surface area contributed by atoms with E-state index >= 15 is 0 Å². The summed E-state index contributed by atoms with van der Waals surface area (Å²) in [6.45, 7) is 1.96. The van der Waals surface area contributed by atoms with Crippen LogP contribution in [0, 0.1) is 11.8 Å². The molecule has 15 heavy (non-hydrogen) atoms. The van der Waals surface area contributed by atoms with Gasteiger partial charge in [-0.3, -0.25) is 9.59 Å². The van der Waals surface area contributed by atoms with Gasteiger partial charge in [-0.25, -0.2) is 4.99 Å². The number of amides is 1. The van der Waals surface area contributed by atoms with E-state index in [1.54, 1.807) is 6.92 Å². The van der Waals surface area contributed by atoms with Crippen LogP contribution < -0.4 is 0 Å². The Bertz CT molecular complexity index is 356. The second kappa shape index (κ2) is 3.92. The Kier molecular flexibility index (Phi) is 2.62. The molecule has 1 fully saturated rings. The van der Waals surface area contributed by atoms with Crippen LogP contribution in [0.4, 0.5) is 0 Å². The van der Waals surface area contributed by atoms with E-state index in [9.17, 15) is 9.59 Å². The van der Waals surface area contributed by atoms with Crippen molar-refractivity contribution >= 4 is 23.9 Å². The average Bonchev–Trinajstić information content (AvgIpc) is 3.01. The fourth-order valence-corrected chi connectivity index (χ4v) is 1.36. The van der Waals surface area contributed by atoms with E-state index in [2.05, 4.69) is 9.98 Å². The van der Waals surface area contributed by atoms with Crippen molar-refractivity contribution in [3.8, 4) is 0 Å². The molecule has 1 saturated carbocycles. The number of hydrogen-bond acceptors (Lipinski definition) is 4. The average molecular weight is 208 g/mol. The molecule has 0 aromatic carbocycles. The summed E-state index contributed by atoms with van der Waals surface area (Å²) >= 11 is 0. The molecule has 0 bridgehead atoms. The zero-order valence-corrected chi connectivity index (χ0v) is 8.47. The fourth-order valence-electron chi connectivity index (χ4n) is 1.36. The summed E-state index contributed by atoms with van der Waals surface area (Å²) in [7, 11) is 0. The molecular formula is C10H12N2O3. The molecule has 1 aliphatic heterocycles. The SMILES string of the molecule is CCOC(=O)[C@@H]1C=NC(C2CC2)=NC1=O. The molecule has 0 unspecified atom stereocenters. The lowest BCUT2D eigenvalue weighted by molar-refractivity contribution is -0.148. The van der Waals surface area contributed by atoms with E-state index in [1.807, 2.05) is 0 Å². The first-order valence-corrected chi connectivity index (χ1v) is 5.05. The molecule has 80 valence electrons. The predicted molar refractivity (Wildman–Crippen MR) is 53.8 cm³/mol. The molecule has 0 saturated heterocycles. The van der Waals surface area contributed by atoms with Crippen LogP contribution in [0.15, 0.2) is 9.98 Å². The highest BCUT2D eigenvalue weighted by atomic mass is 16.5. The number of amidine groups is 1. The van der Waals surface area contributed by atoms with Crippen LogP contribution in [-0.4, -0.2) is 30.5 Å². The molecular weight excluding hydrogens is 196 g/mol. The highest BCUT2D eigenvalue weighted by Crippen LogP contribution is 2.32. The van der Waals surface area contributed by atoms with Crippen LogP contribution >= 0.6 is 0 Å². The Morgan fingerprint density at radius 2 is 2.33 bits per heavy atom. The number of esters is 1. The Balaban J connectivity index is 2.04. The molecule has 1 amide bonds. The van der Waals surface area contributed by atoms with Gasteiger partial charge in [-0.1, -0.05) is 0 Å². The molecule has 0 aromatic rings. The minimum absolute atomic E-state index is 0.260. The first kappa shape index (κ1) is 10.0. The monoisotopic (exact) mass is 208 g/mol. The largest absolute Gasteiger partial charge is 0.465 e. The van der Waals surface area contributed by atoms with Gasteiger partial charge in [-0.15, -0.1) is 0 Å². The molecule has 5 nitrogen and oxygen atoms in total. The van der Waals surface area contributed by atoms with Crippen molar-refractivity contribution in [2.45, 2.75) is 19.8 Å². The van der Waals surface area contributed by atoms with Crippen LogP contribution in [-0.2, 0) is 14.3 Å². The maximum absolute atomic E-state index is 11.5. The second-order valence-electron chi connectivity index (χ2n) is 3.59. The highest BCUT2D eigenvalue weighted by Gasteiger charge is 2.34. The molecule has 1 heterocycles. The van der Waals surface area contributed by atoms with Crippen molar-refractivity contribution < 1.29 is 14.3 Å². The number of ether oxygens (including phenoxy) is 1. The zero-order valence-electron chi connectivity index (χ0n) is 8.47. The Morgan fingerprint density at radius 1 is 1.60 bits per heavy atom. The van der Waals surface area contributed by atoms with Gasteiger partial charge in [0, 0.05) is 12.1 Å². The van der Waals surface area contributed by atoms with Gasteiger partial charge in [0.25, 0.3) is 5.91 Å². The summed E-state index contributed by atoms with van der Waals surface area (Å²) in [5.41, 5.74) is 0. The van der Waals surface area contributed by atoms with Crippen molar-refractivity contribution in [3.05, 3.63) is 0 Å². The minimum atomic E-state index is -0.938. The summed E-state index contributed by atoms with van der Waals surface area (Å²) < 4.78 is 4.74. The summed E-state index contributed by atoms with van der Waals surface area (Å²) in [5, 5.41) is 0. The lowest BCUT2D eigenvalue weighted by atomic mass is 10.1. The van der Waals surface area contributed by atoms with Crippen LogP contribution in [0.25, 0.3) is 0 Å². The molecule has 0 radical (unpaired) electrons. The number of carbonyl (C=O) groups is 2. The van der Waals surface area contributed by atoms with Gasteiger partial charge >= 0.3 is 5.97 Å². The maximum Gasteiger partial charge on any atom is 0.324 e. The van der Waals surface area contributed by atoms with Crippen LogP contribution in [0.5, 0.6) is 0 Å². The molecule has 0 aromatic heterocycles. The third-order valence-corrected chi connectivity index (χ3v) is 2.33. The summed E-state index contributed by atoms with van der Waals surface area (Å²) in [6.07, 6.45) is 3.42. The Labute approximate surface area is 87.2 Å². The van der Waals surface area contributed by atoms with E-state index in [0.717, 1.165) is 12.8 Å². The van der Waals surface area contributed by atoms with Crippen molar-refractivity contribution in [2.75, 3.05) is 6.61 Å². The maximum atomic E-state index is 11.5. The second-order valence-corrected chi connectivity index (χ2v) is 3.59. The third kappa shape index (κ3) is 2.11. The number of aliphatic imine (C=N–C) groups is 2. The highest BCUT2D eigenvalue weighted by molar-refractivity contribution is 6.19. The van der Waals surface area contributed by atoms with Crippen molar-refractivity contribution in [3.63, 3.8) is 0 Å². The predicted octanol–water partition coefficient (Wildman–Crippen LogP) is 0.585. The number of carbonyl (C=O) groups excluding carboxylic acids is 2. The van der Waals surface area contributed by atoms with E-state index in [4.69, 9.17) is 4.74 Å². The molecule has 0 N–H and O–H groups in total. The van der Waals surface area contributed by atoms with E-state index in [1.165, 1.54) is 6.21 Å². The zero-order chi connectivity index (χ0) is 10.8. The van der Waals surface area contributed by atoms with Gasteiger partial charge in [-0.2, -0.15) is 4.99 Å². The Morgan fingerprint density at radius 3 is 2.87 bits per heavy atom. The van der Waals surface area contributed by atoms with Crippen LogP contribution in [0.2, 0.25) is 0 Å². The van der Waals surface area contributed by atoms with Gasteiger partial charge in [0.05, 0.1) is 6.61 Å². The van der Waals surface area contributed by atoms with Gasteiger partial charge in [0.15, 0.2) is 5.92 Å². The lowest BCUT2D eigenvalue weighted by Gasteiger charge is -2.11. The molecule has 2 rings (SSSR count). The van der Waals surface area contributed by atoms with Crippen molar-refractivity contribution in [1.82, 2.24) is 0 Å². The molecule has 2 aliphatic rings. The first-order chi connectivity index (χ1) is 7.22. The van der Waals surface area contributed by atoms with Gasteiger partial charge in [0.2, 0.25) is 0 Å². The molecule has 0 spiro atoms. The fraction of sp³-hybridized carbons (Fsp3) is 0.600. The first-order valence-electron chi connectivity index (χ1n) is 5.05. The summed E-state index contributed by atoms with van der Waals surface area (Å²) in [4.78, 5) is 30.6. The molecule has 5 heteroatoms. The van der Waals surface area contributed by atoms with Crippen LogP contribution in [0.3, 0.4) is 0 Å². The number of hydrogen-bond donors (Lipinski definition) is 0.